The molecule has 11 heteroatoms. The molecule has 178 valence electrons. The minimum absolute atomic E-state index is 0.151. The van der Waals surface area contributed by atoms with Crippen molar-refractivity contribution < 1.29 is 19.0 Å². The monoisotopic (exact) mass is 501 g/mol. The van der Waals surface area contributed by atoms with Gasteiger partial charge in [0.25, 0.3) is 0 Å². The van der Waals surface area contributed by atoms with Crippen molar-refractivity contribution in [2.75, 3.05) is 50.6 Å². The van der Waals surface area contributed by atoms with E-state index in [0.29, 0.717) is 60.3 Å². The first kappa shape index (κ1) is 23.0. The van der Waals surface area contributed by atoms with E-state index < -0.39 is 0 Å². The van der Waals surface area contributed by atoms with Gasteiger partial charge in [0, 0.05) is 35.6 Å². The second kappa shape index (κ2) is 10.6. The van der Waals surface area contributed by atoms with E-state index in [1.165, 1.54) is 11.8 Å². The largest absolute Gasteiger partial charge is 0.486 e. The SMILES string of the molecule is O=C(CSc1nnc(CN2CCOCC2)n1-c1ccc(Cl)cc1)Nc1ccc2c(c1)OCCO2. The summed E-state index contributed by atoms with van der Waals surface area (Å²) in [5.41, 5.74) is 1.55. The molecule has 0 spiro atoms. The highest BCUT2D eigenvalue weighted by molar-refractivity contribution is 7.99. The van der Waals surface area contributed by atoms with Crippen LogP contribution in [-0.2, 0) is 16.1 Å². The van der Waals surface area contributed by atoms with Crippen LogP contribution in [-0.4, -0.2) is 70.8 Å². The number of fused-ring (bicyclic) bond motifs is 1. The number of rotatable bonds is 7. The lowest BCUT2D eigenvalue weighted by atomic mass is 10.2. The van der Waals surface area contributed by atoms with Crippen LogP contribution in [0.5, 0.6) is 11.5 Å². The molecular formula is C23H24ClN5O4S. The third-order valence-corrected chi connectivity index (χ3v) is 6.59. The van der Waals surface area contributed by atoms with Crippen molar-refractivity contribution in [2.45, 2.75) is 11.7 Å². The summed E-state index contributed by atoms with van der Waals surface area (Å²) in [7, 11) is 0. The van der Waals surface area contributed by atoms with Gasteiger partial charge < -0.3 is 19.5 Å². The number of ether oxygens (including phenoxy) is 3. The Balaban J connectivity index is 1.29. The first-order chi connectivity index (χ1) is 16.7. The van der Waals surface area contributed by atoms with E-state index in [1.807, 2.05) is 28.8 Å². The fourth-order valence-electron chi connectivity index (χ4n) is 3.75. The highest BCUT2D eigenvalue weighted by atomic mass is 35.5. The maximum atomic E-state index is 12.7. The standard InChI is InChI=1S/C23H24ClN5O4S/c24-16-1-4-18(5-2-16)29-21(14-28-7-9-31-10-8-28)26-27-23(29)34-15-22(30)25-17-3-6-19-20(13-17)33-12-11-32-19/h1-6,13H,7-12,14-15H2,(H,25,30). The quantitative estimate of drug-likeness (QED) is 0.493. The van der Waals surface area contributed by atoms with Gasteiger partial charge in [0.1, 0.15) is 13.2 Å². The highest BCUT2D eigenvalue weighted by Gasteiger charge is 2.20. The Morgan fingerprint density at radius 3 is 2.56 bits per heavy atom. The molecule has 1 N–H and O–H groups in total. The number of hydrogen-bond donors (Lipinski definition) is 1. The number of amides is 1. The number of nitrogens with one attached hydrogen (secondary N) is 1. The number of hydrogen-bond acceptors (Lipinski definition) is 8. The fraction of sp³-hybridized carbons (Fsp3) is 0.348. The molecule has 0 radical (unpaired) electrons. The first-order valence-electron chi connectivity index (χ1n) is 11.0. The number of aromatic nitrogens is 3. The molecule has 0 aliphatic carbocycles. The lowest BCUT2D eigenvalue weighted by Gasteiger charge is -2.26. The summed E-state index contributed by atoms with van der Waals surface area (Å²) >= 11 is 7.43. The van der Waals surface area contributed by atoms with Crippen molar-refractivity contribution in [3.05, 3.63) is 53.3 Å². The average molecular weight is 502 g/mol. The third kappa shape index (κ3) is 5.47. The Kier molecular flexibility index (Phi) is 7.19. The van der Waals surface area contributed by atoms with Crippen molar-refractivity contribution >= 4 is 35.0 Å². The second-order valence-electron chi connectivity index (χ2n) is 7.79. The van der Waals surface area contributed by atoms with E-state index in [-0.39, 0.29) is 11.7 Å². The summed E-state index contributed by atoms with van der Waals surface area (Å²) in [5.74, 6) is 2.15. The van der Waals surface area contributed by atoms with Gasteiger partial charge in [-0.1, -0.05) is 23.4 Å². The van der Waals surface area contributed by atoms with Crippen molar-refractivity contribution in [2.24, 2.45) is 0 Å². The number of anilines is 1. The summed E-state index contributed by atoms with van der Waals surface area (Å²) < 4.78 is 18.6. The van der Waals surface area contributed by atoms with Crippen LogP contribution in [0, 0.1) is 0 Å². The van der Waals surface area contributed by atoms with Gasteiger partial charge in [-0.25, -0.2) is 0 Å². The van der Waals surface area contributed by atoms with Crippen molar-refractivity contribution in [3.63, 3.8) is 0 Å². The molecule has 3 heterocycles. The van der Waals surface area contributed by atoms with Crippen LogP contribution in [0.3, 0.4) is 0 Å². The molecule has 1 aromatic heterocycles. The molecule has 1 amide bonds. The molecule has 0 atom stereocenters. The zero-order valence-corrected chi connectivity index (χ0v) is 20.0. The molecule has 2 aromatic carbocycles. The van der Waals surface area contributed by atoms with Crippen LogP contribution in [0.15, 0.2) is 47.6 Å². The summed E-state index contributed by atoms with van der Waals surface area (Å²) in [4.78, 5) is 14.9. The fourth-order valence-corrected chi connectivity index (χ4v) is 4.65. The minimum atomic E-state index is -0.151. The van der Waals surface area contributed by atoms with Gasteiger partial charge in [-0.2, -0.15) is 0 Å². The van der Waals surface area contributed by atoms with Gasteiger partial charge in [-0.15, -0.1) is 10.2 Å². The number of benzene rings is 2. The summed E-state index contributed by atoms with van der Waals surface area (Å²) in [6, 6.07) is 12.9. The maximum Gasteiger partial charge on any atom is 0.234 e. The number of carbonyl (C=O) groups is 1. The van der Waals surface area contributed by atoms with Gasteiger partial charge in [0.2, 0.25) is 5.91 Å². The van der Waals surface area contributed by atoms with E-state index in [9.17, 15) is 4.79 Å². The number of nitrogens with zero attached hydrogens (tertiary/aromatic N) is 4. The number of carbonyl (C=O) groups excluding carboxylic acids is 1. The van der Waals surface area contributed by atoms with Gasteiger partial charge in [0.05, 0.1) is 25.5 Å². The number of thioether (sulfide) groups is 1. The first-order valence-corrected chi connectivity index (χ1v) is 12.3. The molecule has 5 rings (SSSR count). The van der Waals surface area contributed by atoms with E-state index in [1.54, 1.807) is 18.2 Å². The Morgan fingerprint density at radius 2 is 1.76 bits per heavy atom. The Morgan fingerprint density at radius 1 is 1.00 bits per heavy atom. The molecule has 2 aliphatic heterocycles. The maximum absolute atomic E-state index is 12.7. The van der Waals surface area contributed by atoms with Crippen LogP contribution < -0.4 is 14.8 Å². The summed E-state index contributed by atoms with van der Waals surface area (Å²) in [6.45, 7) is 4.75. The molecule has 1 fully saturated rings. The van der Waals surface area contributed by atoms with Crippen LogP contribution in [0.2, 0.25) is 5.02 Å². The predicted molar refractivity (Wildman–Crippen MR) is 129 cm³/mol. The molecule has 2 aliphatic rings. The van der Waals surface area contributed by atoms with Crippen LogP contribution in [0.4, 0.5) is 5.69 Å². The second-order valence-corrected chi connectivity index (χ2v) is 9.17. The van der Waals surface area contributed by atoms with E-state index in [0.717, 1.165) is 24.6 Å². The minimum Gasteiger partial charge on any atom is -0.486 e. The van der Waals surface area contributed by atoms with Gasteiger partial charge in [-0.05, 0) is 36.4 Å². The van der Waals surface area contributed by atoms with Crippen molar-refractivity contribution in [1.82, 2.24) is 19.7 Å². The van der Waals surface area contributed by atoms with E-state index >= 15 is 0 Å². The van der Waals surface area contributed by atoms with Gasteiger partial charge in [-0.3, -0.25) is 14.3 Å². The highest BCUT2D eigenvalue weighted by Crippen LogP contribution is 2.32. The molecular weight excluding hydrogens is 478 g/mol. The lowest BCUT2D eigenvalue weighted by molar-refractivity contribution is -0.113. The van der Waals surface area contributed by atoms with E-state index in [2.05, 4.69) is 20.4 Å². The molecule has 3 aromatic rings. The summed E-state index contributed by atoms with van der Waals surface area (Å²) in [6.07, 6.45) is 0. The third-order valence-electron chi connectivity index (χ3n) is 5.41. The molecule has 0 saturated carbocycles. The molecule has 0 bridgehead atoms. The van der Waals surface area contributed by atoms with Gasteiger partial charge >= 0.3 is 0 Å². The molecule has 34 heavy (non-hydrogen) atoms. The normalized spacial score (nSPS) is 15.8. The topological polar surface area (TPSA) is 90.7 Å². The zero-order chi connectivity index (χ0) is 23.3. The Bertz CT molecular complexity index is 1150. The Hall–Kier alpha value is -2.79. The zero-order valence-electron chi connectivity index (χ0n) is 18.4. The van der Waals surface area contributed by atoms with Crippen molar-refractivity contribution in [3.8, 4) is 17.2 Å². The lowest BCUT2D eigenvalue weighted by Crippen LogP contribution is -2.36. The molecule has 0 unspecified atom stereocenters. The Labute approximate surface area is 206 Å². The number of halogens is 1. The molecule has 1 saturated heterocycles. The van der Waals surface area contributed by atoms with Crippen LogP contribution >= 0.6 is 23.4 Å². The van der Waals surface area contributed by atoms with Crippen LogP contribution in [0.25, 0.3) is 5.69 Å². The smallest absolute Gasteiger partial charge is 0.234 e. The van der Waals surface area contributed by atoms with Gasteiger partial charge in [0.15, 0.2) is 22.5 Å². The van der Waals surface area contributed by atoms with Crippen molar-refractivity contribution in [1.29, 1.82) is 0 Å². The van der Waals surface area contributed by atoms with Crippen LogP contribution in [0.1, 0.15) is 5.82 Å². The predicted octanol–water partition coefficient (Wildman–Crippen LogP) is 3.25. The number of morpholine rings is 1. The summed E-state index contributed by atoms with van der Waals surface area (Å²) in [5, 5.41) is 13.0. The molecule has 9 nitrogen and oxygen atoms in total. The van der Waals surface area contributed by atoms with E-state index in [4.69, 9.17) is 25.8 Å². The average Bonchev–Trinajstić information content (AvgIpc) is 3.26.